The lowest BCUT2D eigenvalue weighted by Gasteiger charge is -2.20. The molecular weight excluding hydrogens is 422 g/mol. The topological polar surface area (TPSA) is 88.6 Å². The molecule has 1 N–H and O–H groups in total. The van der Waals surface area contributed by atoms with Crippen LogP contribution < -0.4 is 15.0 Å². The number of sulfone groups is 1. The number of nitrogens with zero attached hydrogens (tertiary/aromatic N) is 2. The third-order valence-electron chi connectivity index (χ3n) is 4.49. The number of rotatable bonds is 7. The molecule has 1 atom stereocenters. The number of carbonyl (C=O) groups excluding carboxylic acids is 1. The number of likely N-dealkylation sites (N-methyl/N-ethyl adjacent to an activating group) is 1. The van der Waals surface area contributed by atoms with Crippen molar-refractivity contribution in [3.8, 4) is 5.75 Å². The number of para-hydroxylation sites is 2. The molecule has 9 heteroatoms. The van der Waals surface area contributed by atoms with Gasteiger partial charge in [-0.05, 0) is 25.1 Å². The van der Waals surface area contributed by atoms with Crippen LogP contribution >= 0.6 is 11.3 Å². The Morgan fingerprint density at radius 1 is 1.40 bits per heavy atom. The van der Waals surface area contributed by atoms with Crippen LogP contribution in [-0.4, -0.2) is 39.0 Å². The van der Waals surface area contributed by atoms with E-state index >= 15 is 0 Å². The first kappa shape index (κ1) is 21.9. The lowest BCUT2D eigenvalue weighted by Crippen LogP contribution is -2.46. The highest BCUT2D eigenvalue weighted by atomic mass is 32.2. The first-order valence-corrected chi connectivity index (χ1v) is 11.6. The molecule has 7 nitrogen and oxygen atoms in total. The number of hydrogen-bond acceptors (Lipinski definition) is 7. The molecule has 2 heterocycles. The van der Waals surface area contributed by atoms with Gasteiger partial charge >= 0.3 is 0 Å². The van der Waals surface area contributed by atoms with Crippen molar-refractivity contribution in [1.29, 1.82) is 0 Å². The third-order valence-corrected chi connectivity index (χ3v) is 7.65. The van der Waals surface area contributed by atoms with Crippen molar-refractivity contribution in [2.45, 2.75) is 23.7 Å². The first-order chi connectivity index (χ1) is 14.3. The highest BCUT2D eigenvalue weighted by Gasteiger charge is 2.29. The van der Waals surface area contributed by atoms with Gasteiger partial charge in [0.1, 0.15) is 27.6 Å². The van der Waals surface area contributed by atoms with Crippen LogP contribution in [0.1, 0.15) is 11.9 Å². The van der Waals surface area contributed by atoms with Crippen LogP contribution in [0.25, 0.3) is 0 Å². The maximum absolute atomic E-state index is 12.8. The summed E-state index contributed by atoms with van der Waals surface area (Å²) in [5, 5.41) is 3.67. The number of benzene rings is 1. The normalized spacial score (nSPS) is 17.2. The summed E-state index contributed by atoms with van der Waals surface area (Å²) in [5.41, 5.74) is 0.707. The van der Waals surface area contributed by atoms with Gasteiger partial charge in [-0.15, -0.1) is 11.3 Å². The highest BCUT2D eigenvalue weighted by molar-refractivity contribution is 7.97. The van der Waals surface area contributed by atoms with Gasteiger partial charge in [-0.1, -0.05) is 36.9 Å². The summed E-state index contributed by atoms with van der Waals surface area (Å²) in [4.78, 5) is 18.5. The van der Waals surface area contributed by atoms with E-state index in [0.29, 0.717) is 16.4 Å². The standard InChI is InChI=1S/C21H23N3O4S2/c1-4-5-6-9-15(2)30(26,27)20-13-23-19(29-20)12-22-16-14-28-18-11-8-7-10-17(18)24(3)21(16)25/h4-11,13,16,22H,2,12,14H2,1,3H3/b5-4-,9-6-/t16-/m0/s1. The van der Waals surface area contributed by atoms with Gasteiger partial charge in [0.05, 0.1) is 16.8 Å². The Hall–Kier alpha value is -2.75. The van der Waals surface area contributed by atoms with Gasteiger partial charge in [0.2, 0.25) is 15.7 Å². The second kappa shape index (κ2) is 9.38. The lowest BCUT2D eigenvalue weighted by molar-refractivity contribution is -0.120. The molecular formula is C21H23N3O4S2. The van der Waals surface area contributed by atoms with Crippen molar-refractivity contribution in [3.05, 3.63) is 71.3 Å². The number of fused-ring (bicyclic) bond motifs is 1. The molecule has 0 saturated heterocycles. The minimum absolute atomic E-state index is 0.00417. The van der Waals surface area contributed by atoms with Crippen molar-refractivity contribution in [2.75, 3.05) is 18.6 Å². The van der Waals surface area contributed by atoms with Crippen LogP contribution in [0, 0.1) is 0 Å². The molecule has 158 valence electrons. The molecule has 0 spiro atoms. The quantitative estimate of drug-likeness (QED) is 0.659. The van der Waals surface area contributed by atoms with Crippen molar-refractivity contribution >= 4 is 32.8 Å². The van der Waals surface area contributed by atoms with E-state index in [0.717, 1.165) is 11.3 Å². The van der Waals surface area contributed by atoms with Gasteiger partial charge < -0.3 is 9.64 Å². The Morgan fingerprint density at radius 2 is 2.17 bits per heavy atom. The largest absolute Gasteiger partial charge is 0.489 e. The molecule has 3 rings (SSSR count). The van der Waals surface area contributed by atoms with E-state index in [-0.39, 0.29) is 28.2 Å². The lowest BCUT2D eigenvalue weighted by atomic mass is 10.2. The Balaban J connectivity index is 1.67. The van der Waals surface area contributed by atoms with Gasteiger partial charge in [0.15, 0.2) is 0 Å². The summed E-state index contributed by atoms with van der Waals surface area (Å²) in [6.45, 7) is 5.89. The molecule has 1 aromatic carbocycles. The summed E-state index contributed by atoms with van der Waals surface area (Å²) in [5.74, 6) is 0.511. The molecule has 1 aliphatic rings. The third kappa shape index (κ3) is 4.69. The number of aromatic nitrogens is 1. The smallest absolute Gasteiger partial charge is 0.247 e. The number of allylic oxidation sites excluding steroid dienone is 4. The molecule has 0 unspecified atom stereocenters. The first-order valence-electron chi connectivity index (χ1n) is 9.25. The highest BCUT2D eigenvalue weighted by Crippen LogP contribution is 2.30. The molecule has 1 aromatic heterocycles. The van der Waals surface area contributed by atoms with E-state index < -0.39 is 15.9 Å². The fourth-order valence-electron chi connectivity index (χ4n) is 2.80. The number of amides is 1. The van der Waals surface area contributed by atoms with Gasteiger partial charge in [-0.3, -0.25) is 10.1 Å². The fourth-order valence-corrected chi connectivity index (χ4v) is 5.16. The summed E-state index contributed by atoms with van der Waals surface area (Å²) in [7, 11) is -1.99. The molecule has 0 fully saturated rings. The number of hydrogen-bond donors (Lipinski definition) is 1. The maximum atomic E-state index is 12.8. The number of carbonyl (C=O) groups is 1. The monoisotopic (exact) mass is 445 g/mol. The molecule has 0 aliphatic carbocycles. The van der Waals surface area contributed by atoms with Gasteiger partial charge in [-0.2, -0.15) is 0 Å². The Bertz CT molecular complexity index is 1100. The van der Waals surface area contributed by atoms with Crippen LogP contribution in [0.15, 0.2) is 70.5 Å². The zero-order valence-electron chi connectivity index (χ0n) is 16.7. The zero-order valence-corrected chi connectivity index (χ0v) is 18.4. The van der Waals surface area contributed by atoms with E-state index in [9.17, 15) is 13.2 Å². The van der Waals surface area contributed by atoms with E-state index in [1.54, 1.807) is 30.2 Å². The molecule has 0 bridgehead atoms. The summed E-state index contributed by atoms with van der Waals surface area (Å²) < 4.78 is 31.1. The van der Waals surface area contributed by atoms with Crippen LogP contribution in [0.2, 0.25) is 0 Å². The van der Waals surface area contributed by atoms with Crippen LogP contribution in [0.5, 0.6) is 5.75 Å². The molecule has 30 heavy (non-hydrogen) atoms. The van der Waals surface area contributed by atoms with E-state index in [2.05, 4.69) is 16.9 Å². The van der Waals surface area contributed by atoms with E-state index in [1.807, 2.05) is 31.2 Å². The van der Waals surface area contributed by atoms with E-state index in [1.165, 1.54) is 12.3 Å². The number of nitrogens with one attached hydrogen (secondary N) is 1. The Morgan fingerprint density at radius 3 is 2.93 bits per heavy atom. The van der Waals surface area contributed by atoms with Gasteiger partial charge in [-0.25, -0.2) is 13.4 Å². The summed E-state index contributed by atoms with van der Waals surface area (Å²) in [6.07, 6.45) is 7.90. The summed E-state index contributed by atoms with van der Waals surface area (Å²) in [6, 6.07) is 6.76. The predicted octanol–water partition coefficient (Wildman–Crippen LogP) is 3.08. The number of anilines is 1. The van der Waals surface area contributed by atoms with Crippen molar-refractivity contribution in [2.24, 2.45) is 0 Å². The Labute approximate surface area is 180 Å². The van der Waals surface area contributed by atoms with Crippen LogP contribution in [0.4, 0.5) is 5.69 Å². The van der Waals surface area contributed by atoms with Crippen LogP contribution in [0.3, 0.4) is 0 Å². The second-order valence-corrected chi connectivity index (χ2v) is 9.88. The average molecular weight is 446 g/mol. The summed E-state index contributed by atoms with van der Waals surface area (Å²) >= 11 is 1.05. The second-order valence-electron chi connectivity index (χ2n) is 6.54. The predicted molar refractivity (Wildman–Crippen MR) is 118 cm³/mol. The molecule has 2 aromatic rings. The minimum atomic E-state index is -3.69. The minimum Gasteiger partial charge on any atom is -0.489 e. The SMILES string of the molecule is C=C(/C=C\C=C/C)S(=O)(=O)c1cnc(CN[C@H]2COc3ccccc3N(C)C2=O)s1. The van der Waals surface area contributed by atoms with Crippen LogP contribution in [-0.2, 0) is 21.2 Å². The van der Waals surface area contributed by atoms with Crippen molar-refractivity contribution in [3.63, 3.8) is 0 Å². The van der Waals surface area contributed by atoms with Gasteiger partial charge in [0, 0.05) is 13.6 Å². The molecule has 1 amide bonds. The number of ether oxygens (including phenoxy) is 1. The Kier molecular flexibility index (Phi) is 6.86. The number of thiazole rings is 1. The van der Waals surface area contributed by atoms with Gasteiger partial charge in [0.25, 0.3) is 0 Å². The maximum Gasteiger partial charge on any atom is 0.247 e. The van der Waals surface area contributed by atoms with Crippen molar-refractivity contribution < 1.29 is 17.9 Å². The molecule has 1 aliphatic heterocycles. The van der Waals surface area contributed by atoms with Crippen molar-refractivity contribution in [1.82, 2.24) is 10.3 Å². The molecule has 0 saturated carbocycles. The molecule has 0 radical (unpaired) electrons. The zero-order chi connectivity index (χ0) is 21.7. The fraction of sp³-hybridized carbons (Fsp3) is 0.238. The van der Waals surface area contributed by atoms with E-state index in [4.69, 9.17) is 4.74 Å². The average Bonchev–Trinajstić information content (AvgIpc) is 3.19.